The van der Waals surface area contributed by atoms with E-state index in [1.807, 2.05) is 72.8 Å². The third-order valence-corrected chi connectivity index (χ3v) is 10.6. The normalized spacial score (nSPS) is 18.2. The summed E-state index contributed by atoms with van der Waals surface area (Å²) < 4.78 is 185. The molecule has 12 rings (SSSR count). The molecule has 9 aromatic carbocycles. The number of rotatable bonds is 3. The highest BCUT2D eigenvalue weighted by atomic mass is 16.5. The molecule has 0 bridgehead atoms. The predicted octanol–water partition coefficient (Wildman–Crippen LogP) is 13.7. The van der Waals surface area contributed by atoms with Crippen LogP contribution in [0.1, 0.15) is 48.3 Å². The molecule has 0 saturated heterocycles. The van der Waals surface area contributed by atoms with Crippen LogP contribution in [0, 0.1) is 0 Å². The van der Waals surface area contributed by atoms with Gasteiger partial charge in [0, 0.05) is 33.0 Å². The minimum absolute atomic E-state index is 0.132. The zero-order valence-corrected chi connectivity index (χ0v) is 28.4. The highest BCUT2D eigenvalue weighted by Crippen LogP contribution is 2.62. The Morgan fingerprint density at radius 3 is 1.91 bits per heavy atom. The monoisotopic (exact) mass is 718 g/mol. The molecule has 0 unspecified atom stereocenters. The van der Waals surface area contributed by atoms with Gasteiger partial charge in [0.1, 0.15) is 11.5 Å². The van der Waals surface area contributed by atoms with Crippen LogP contribution in [0.25, 0.3) is 71.6 Å². The van der Waals surface area contributed by atoms with Crippen LogP contribution in [0.5, 0.6) is 11.5 Å². The Morgan fingerprint density at radius 2 is 1.11 bits per heavy atom. The minimum atomic E-state index is -2.78. The Hall–Kier alpha value is -7.16. The van der Waals surface area contributed by atoms with E-state index in [-0.39, 0.29) is 5.56 Å². The van der Waals surface area contributed by atoms with E-state index in [9.17, 15) is 16.4 Å². The van der Waals surface area contributed by atoms with Crippen LogP contribution in [0.4, 0.5) is 0 Å². The standard InChI is InChI=1S/C53H33NO/c1-2-14-38(15-3-1)54-48-23-12-19-39(51(48)43-31-29-35-13-4-5-16-40(35)52(43)54)36-27-25-34(26-28-36)37-30-32-50-47(33-37)53(46-22-10-11-24-49(46)55-50)44-20-8-6-17-41(44)42-18-7-9-21-45(42)53/h1-33H/i6D,7D,8D,9D,10D,11D,17D,18D,20D,21D,22D,24D,25D,26D,27D,28D,30D,32D,33D. The van der Waals surface area contributed by atoms with E-state index in [2.05, 4.69) is 4.57 Å². The fraction of sp³-hybridized carbons (Fsp3) is 0.0189. The maximum absolute atomic E-state index is 10.2. The van der Waals surface area contributed by atoms with Crippen molar-refractivity contribution in [1.29, 1.82) is 0 Å². The summed E-state index contributed by atoms with van der Waals surface area (Å²) in [6, 6.07) is 11.0. The number of aromatic nitrogens is 1. The van der Waals surface area contributed by atoms with Crippen LogP contribution in [-0.4, -0.2) is 4.57 Å². The Kier molecular flexibility index (Phi) is 3.60. The number of ether oxygens (including phenoxy) is 1. The molecular weight excluding hydrogens is 667 g/mol. The summed E-state index contributed by atoms with van der Waals surface area (Å²) in [5.41, 5.74) is -5.00. The van der Waals surface area contributed by atoms with Gasteiger partial charge in [-0.3, -0.25) is 0 Å². The third kappa shape index (κ3) is 4.14. The van der Waals surface area contributed by atoms with E-state index in [1.165, 1.54) is 0 Å². The van der Waals surface area contributed by atoms with Crippen LogP contribution in [0.15, 0.2) is 200 Å². The highest BCUT2D eigenvalue weighted by molar-refractivity contribution is 6.22. The summed E-state index contributed by atoms with van der Waals surface area (Å²) >= 11 is 0. The Labute approximate surface area is 345 Å². The zero-order chi connectivity index (χ0) is 52.6. The molecule has 0 atom stereocenters. The third-order valence-electron chi connectivity index (χ3n) is 10.6. The first-order chi connectivity index (χ1) is 35.2. The van der Waals surface area contributed by atoms with Crippen LogP contribution in [-0.2, 0) is 5.41 Å². The minimum Gasteiger partial charge on any atom is -0.457 e. The van der Waals surface area contributed by atoms with Crippen molar-refractivity contribution in [1.82, 2.24) is 4.57 Å². The number of hydrogen-bond acceptors (Lipinski definition) is 1. The molecular formula is C53H33NO. The van der Waals surface area contributed by atoms with Crippen LogP contribution in [0.3, 0.4) is 0 Å². The topological polar surface area (TPSA) is 14.2 Å². The van der Waals surface area contributed by atoms with Crippen molar-refractivity contribution in [2.45, 2.75) is 5.41 Å². The molecule has 0 N–H and O–H groups in total. The molecule has 2 aliphatic rings. The van der Waals surface area contributed by atoms with E-state index < -0.39 is 176 Å². The van der Waals surface area contributed by atoms with Gasteiger partial charge < -0.3 is 9.30 Å². The number of fused-ring (bicyclic) bond motifs is 14. The lowest BCUT2D eigenvalue weighted by Crippen LogP contribution is -2.32. The van der Waals surface area contributed by atoms with E-state index in [0.29, 0.717) is 16.5 Å². The summed E-state index contributed by atoms with van der Waals surface area (Å²) in [5.74, 6) is -1.47. The lowest BCUT2D eigenvalue weighted by atomic mass is 9.66. The summed E-state index contributed by atoms with van der Waals surface area (Å²) in [6.45, 7) is 0. The first-order valence-electron chi connectivity index (χ1n) is 27.0. The van der Waals surface area contributed by atoms with Crippen molar-refractivity contribution in [3.63, 3.8) is 0 Å². The number of para-hydroxylation sites is 2. The summed E-state index contributed by atoms with van der Waals surface area (Å²) in [4.78, 5) is 0. The quantitative estimate of drug-likeness (QED) is 0.177. The summed E-state index contributed by atoms with van der Waals surface area (Å²) in [5, 5.41) is 3.21. The largest absolute Gasteiger partial charge is 0.457 e. The fourth-order valence-electron chi connectivity index (χ4n) is 8.37. The van der Waals surface area contributed by atoms with Gasteiger partial charge in [-0.2, -0.15) is 0 Å². The van der Waals surface area contributed by atoms with E-state index in [0.717, 1.165) is 27.4 Å². The Morgan fingerprint density at radius 1 is 0.455 bits per heavy atom. The maximum atomic E-state index is 10.2. The van der Waals surface area contributed by atoms with E-state index in [1.54, 1.807) is 12.1 Å². The van der Waals surface area contributed by atoms with E-state index >= 15 is 0 Å². The second kappa shape index (κ2) is 11.4. The van der Waals surface area contributed by atoms with Crippen LogP contribution in [0.2, 0.25) is 0 Å². The van der Waals surface area contributed by atoms with Gasteiger partial charge in [0.15, 0.2) is 0 Å². The molecule has 2 heterocycles. The molecule has 55 heavy (non-hydrogen) atoms. The Balaban J connectivity index is 1.22. The maximum Gasteiger partial charge on any atom is 0.132 e. The predicted molar refractivity (Wildman–Crippen MR) is 227 cm³/mol. The van der Waals surface area contributed by atoms with Crippen molar-refractivity contribution >= 4 is 32.6 Å². The van der Waals surface area contributed by atoms with Crippen molar-refractivity contribution < 1.29 is 30.8 Å². The molecule has 0 saturated carbocycles. The van der Waals surface area contributed by atoms with Crippen LogP contribution >= 0.6 is 0 Å². The SMILES string of the molecule is [2H]c1c([2H])c([2H])c2c(c1[2H])Oc1c([2H])c([2H])c(-c3c([2H])c([2H])c(-c4cccc5c4c4ccc6ccccc6c4n5-c4ccccc4)c([2H])c3[2H])c([2H])c1C21c2c([2H])c([2H])c([2H])c([2H])c2-c2c([2H])c([2H])c([2H])c([2H])c21. The summed E-state index contributed by atoms with van der Waals surface area (Å²) in [7, 11) is 0. The first-order valence-corrected chi connectivity index (χ1v) is 17.5. The van der Waals surface area contributed by atoms with Crippen LogP contribution < -0.4 is 4.74 Å². The van der Waals surface area contributed by atoms with E-state index in [4.69, 9.17) is 14.3 Å². The molecule has 1 aromatic heterocycles. The average Bonchev–Trinajstić information content (AvgIpc) is 4.00. The average molecular weight is 719 g/mol. The van der Waals surface area contributed by atoms with Crippen molar-refractivity contribution in [3.05, 3.63) is 222 Å². The van der Waals surface area contributed by atoms with Gasteiger partial charge in [-0.15, -0.1) is 0 Å². The lowest BCUT2D eigenvalue weighted by molar-refractivity contribution is 0.436. The molecule has 1 spiro atoms. The van der Waals surface area contributed by atoms with Crippen molar-refractivity contribution in [3.8, 4) is 50.6 Å². The number of benzene rings is 9. The molecule has 2 nitrogen and oxygen atoms in total. The smallest absolute Gasteiger partial charge is 0.132 e. The second-order valence-electron chi connectivity index (χ2n) is 13.3. The first kappa shape index (κ1) is 17.3. The number of hydrogen-bond donors (Lipinski definition) is 0. The molecule has 256 valence electrons. The molecule has 1 aliphatic carbocycles. The van der Waals surface area contributed by atoms with Gasteiger partial charge in [-0.05, 0) is 86.2 Å². The lowest BCUT2D eigenvalue weighted by Gasteiger charge is -2.39. The van der Waals surface area contributed by atoms with Gasteiger partial charge in [0.2, 0.25) is 0 Å². The van der Waals surface area contributed by atoms with Gasteiger partial charge in [0.25, 0.3) is 0 Å². The second-order valence-corrected chi connectivity index (χ2v) is 13.3. The fourth-order valence-corrected chi connectivity index (χ4v) is 8.37. The molecule has 2 heteroatoms. The molecule has 0 amide bonds. The zero-order valence-electron chi connectivity index (χ0n) is 47.4. The molecule has 1 aliphatic heterocycles. The van der Waals surface area contributed by atoms with Gasteiger partial charge in [-0.1, -0.05) is 163 Å². The van der Waals surface area contributed by atoms with Gasteiger partial charge in [0.05, 0.1) is 42.5 Å². The molecule has 0 fully saturated rings. The number of nitrogens with zero attached hydrogens (tertiary/aromatic N) is 1. The Bertz CT molecular complexity index is 4180. The summed E-state index contributed by atoms with van der Waals surface area (Å²) in [6.07, 6.45) is 0. The molecule has 0 radical (unpaired) electrons. The van der Waals surface area contributed by atoms with Gasteiger partial charge in [-0.25, -0.2) is 0 Å². The van der Waals surface area contributed by atoms with Crippen molar-refractivity contribution in [2.75, 3.05) is 0 Å². The highest BCUT2D eigenvalue weighted by Gasteiger charge is 2.51. The van der Waals surface area contributed by atoms with Crippen molar-refractivity contribution in [2.24, 2.45) is 0 Å². The van der Waals surface area contributed by atoms with Gasteiger partial charge >= 0.3 is 0 Å². The molecule has 10 aromatic rings.